The monoisotopic (exact) mass is 352 g/mol. The lowest BCUT2D eigenvalue weighted by molar-refractivity contribution is 0.0921. The lowest BCUT2D eigenvalue weighted by Crippen LogP contribution is -2.38. The van der Waals surface area contributed by atoms with E-state index in [0.29, 0.717) is 17.9 Å². The average Bonchev–Trinajstić information content (AvgIpc) is 3.04. The zero-order chi connectivity index (χ0) is 18.4. The van der Waals surface area contributed by atoms with Gasteiger partial charge in [0.1, 0.15) is 17.9 Å². The Kier molecular flexibility index (Phi) is 5.92. The summed E-state index contributed by atoms with van der Waals surface area (Å²) in [6, 6.07) is 17.4. The van der Waals surface area contributed by atoms with Gasteiger partial charge in [-0.25, -0.2) is 0 Å². The molecule has 0 aliphatic rings. The molecule has 136 valence electrons. The number of furan rings is 1. The highest BCUT2D eigenvalue weighted by Crippen LogP contribution is 2.27. The van der Waals surface area contributed by atoms with E-state index >= 15 is 0 Å². The van der Waals surface area contributed by atoms with Crippen molar-refractivity contribution >= 4 is 16.9 Å². The largest absolute Gasteiger partial charge is 0.489 e. The number of fused-ring (bicyclic) bond motifs is 1. The molecule has 26 heavy (non-hydrogen) atoms. The van der Waals surface area contributed by atoms with Gasteiger partial charge in [0.05, 0.1) is 0 Å². The van der Waals surface area contributed by atoms with E-state index in [1.54, 1.807) is 0 Å². The fourth-order valence-corrected chi connectivity index (χ4v) is 2.84. The molecule has 2 N–H and O–H groups in total. The Hall–Kier alpha value is -2.79. The van der Waals surface area contributed by atoms with Crippen molar-refractivity contribution in [1.82, 2.24) is 10.6 Å². The van der Waals surface area contributed by atoms with Crippen LogP contribution in [0.2, 0.25) is 0 Å². The topological polar surface area (TPSA) is 63.5 Å². The Labute approximate surface area is 153 Å². The van der Waals surface area contributed by atoms with Crippen LogP contribution in [0.1, 0.15) is 30.0 Å². The average molecular weight is 352 g/mol. The van der Waals surface area contributed by atoms with E-state index in [2.05, 4.69) is 10.6 Å². The van der Waals surface area contributed by atoms with Crippen molar-refractivity contribution in [3.8, 4) is 5.75 Å². The highest BCUT2D eigenvalue weighted by atomic mass is 16.5. The molecule has 0 saturated heterocycles. The second-order valence-electron chi connectivity index (χ2n) is 6.18. The highest BCUT2D eigenvalue weighted by molar-refractivity contribution is 5.99. The third kappa shape index (κ3) is 4.24. The number of ether oxygens (including phenoxy) is 1. The summed E-state index contributed by atoms with van der Waals surface area (Å²) in [6.07, 6.45) is 0. The van der Waals surface area contributed by atoms with Crippen molar-refractivity contribution in [2.24, 2.45) is 0 Å². The second kappa shape index (κ2) is 8.54. The molecule has 0 spiro atoms. The number of para-hydroxylation sites is 2. The minimum atomic E-state index is -0.224. The highest BCUT2D eigenvalue weighted by Gasteiger charge is 2.21. The van der Waals surface area contributed by atoms with Crippen molar-refractivity contribution < 1.29 is 13.9 Å². The number of carbonyl (C=O) groups is 1. The number of hydrogen-bond acceptors (Lipinski definition) is 4. The molecule has 3 rings (SSSR count). The van der Waals surface area contributed by atoms with Gasteiger partial charge < -0.3 is 19.8 Å². The molecule has 5 heteroatoms. The summed E-state index contributed by atoms with van der Waals surface area (Å²) in [5.74, 6) is 0.841. The van der Waals surface area contributed by atoms with Gasteiger partial charge in [-0.2, -0.15) is 0 Å². The van der Waals surface area contributed by atoms with Crippen LogP contribution in [0.3, 0.4) is 0 Å². The van der Waals surface area contributed by atoms with Gasteiger partial charge in [-0.3, -0.25) is 4.79 Å². The Morgan fingerprint density at radius 2 is 1.85 bits per heavy atom. The van der Waals surface area contributed by atoms with E-state index in [-0.39, 0.29) is 18.6 Å². The van der Waals surface area contributed by atoms with E-state index in [9.17, 15) is 4.79 Å². The first kappa shape index (κ1) is 18.0. The van der Waals surface area contributed by atoms with Crippen LogP contribution in [0.25, 0.3) is 11.0 Å². The fourth-order valence-electron chi connectivity index (χ4n) is 2.84. The molecule has 5 nitrogen and oxygen atoms in total. The number of amides is 1. The molecule has 0 fully saturated rings. The van der Waals surface area contributed by atoms with Crippen molar-refractivity contribution in [3.05, 3.63) is 65.9 Å². The van der Waals surface area contributed by atoms with Crippen molar-refractivity contribution in [2.45, 2.75) is 26.5 Å². The van der Waals surface area contributed by atoms with Crippen molar-refractivity contribution in [2.75, 3.05) is 13.1 Å². The van der Waals surface area contributed by atoms with Crippen LogP contribution in [-0.4, -0.2) is 25.0 Å². The van der Waals surface area contributed by atoms with Crippen molar-refractivity contribution in [3.63, 3.8) is 0 Å². The number of nitrogens with one attached hydrogen (secondary N) is 2. The van der Waals surface area contributed by atoms with Crippen LogP contribution in [0.4, 0.5) is 0 Å². The number of benzene rings is 2. The van der Waals surface area contributed by atoms with Gasteiger partial charge in [-0.15, -0.1) is 0 Å². The molecule has 3 aromatic rings. The van der Waals surface area contributed by atoms with Gasteiger partial charge in [-0.1, -0.05) is 43.3 Å². The summed E-state index contributed by atoms with van der Waals surface area (Å²) in [6.45, 7) is 5.73. The number of carbonyl (C=O) groups excluding carboxylic acids is 1. The Morgan fingerprint density at radius 3 is 2.62 bits per heavy atom. The van der Waals surface area contributed by atoms with Crippen LogP contribution in [0, 0.1) is 0 Å². The molecule has 0 saturated carbocycles. The maximum Gasteiger partial charge on any atom is 0.287 e. The number of rotatable bonds is 8. The second-order valence-corrected chi connectivity index (χ2v) is 6.18. The zero-order valence-electron chi connectivity index (χ0n) is 15.1. The van der Waals surface area contributed by atoms with Gasteiger partial charge in [0, 0.05) is 23.5 Å². The van der Waals surface area contributed by atoms with E-state index in [1.807, 2.05) is 68.4 Å². The standard InChI is InChI=1S/C21H24N2O3/c1-3-22-15(2)13-23-21(24)20-18(14-25-16-9-5-4-6-10-16)17-11-7-8-12-19(17)26-20/h4-12,15,22H,3,13-14H2,1-2H3,(H,23,24)/t15-/m1/s1. The third-order valence-corrected chi connectivity index (χ3v) is 4.15. The summed E-state index contributed by atoms with van der Waals surface area (Å²) >= 11 is 0. The quantitative estimate of drug-likeness (QED) is 0.648. The van der Waals surface area contributed by atoms with E-state index in [0.717, 1.165) is 23.2 Å². The van der Waals surface area contributed by atoms with Gasteiger partial charge in [-0.05, 0) is 31.7 Å². The van der Waals surface area contributed by atoms with E-state index in [1.165, 1.54) is 0 Å². The lowest BCUT2D eigenvalue weighted by atomic mass is 10.1. The van der Waals surface area contributed by atoms with Gasteiger partial charge in [0.15, 0.2) is 5.76 Å². The molecule has 1 amide bonds. The summed E-state index contributed by atoms with van der Waals surface area (Å²) in [4.78, 5) is 12.7. The van der Waals surface area contributed by atoms with Gasteiger partial charge in [0.25, 0.3) is 5.91 Å². The normalized spacial score (nSPS) is 12.1. The third-order valence-electron chi connectivity index (χ3n) is 4.15. The van der Waals surface area contributed by atoms with Crippen LogP contribution in [0.5, 0.6) is 5.75 Å². The molecular formula is C21H24N2O3. The predicted molar refractivity (Wildman–Crippen MR) is 102 cm³/mol. The first-order chi connectivity index (χ1) is 12.7. The minimum absolute atomic E-state index is 0.192. The predicted octanol–water partition coefficient (Wildman–Crippen LogP) is 3.74. The van der Waals surface area contributed by atoms with E-state index in [4.69, 9.17) is 9.15 Å². The number of hydrogen-bond donors (Lipinski definition) is 2. The summed E-state index contributed by atoms with van der Waals surface area (Å²) in [5.41, 5.74) is 1.45. The van der Waals surface area contributed by atoms with Crippen LogP contribution >= 0.6 is 0 Å². The molecule has 0 bridgehead atoms. The smallest absolute Gasteiger partial charge is 0.287 e. The zero-order valence-corrected chi connectivity index (χ0v) is 15.1. The minimum Gasteiger partial charge on any atom is -0.489 e. The van der Waals surface area contributed by atoms with Gasteiger partial charge in [0.2, 0.25) is 0 Å². The van der Waals surface area contributed by atoms with Crippen LogP contribution in [-0.2, 0) is 6.61 Å². The van der Waals surface area contributed by atoms with Crippen LogP contribution < -0.4 is 15.4 Å². The van der Waals surface area contributed by atoms with Crippen molar-refractivity contribution in [1.29, 1.82) is 0 Å². The Balaban J connectivity index is 1.81. The summed E-state index contributed by atoms with van der Waals surface area (Å²) < 4.78 is 11.7. The molecule has 1 atom stereocenters. The molecule has 0 aliphatic carbocycles. The fraction of sp³-hybridized carbons (Fsp3) is 0.286. The Bertz CT molecular complexity index is 858. The lowest BCUT2D eigenvalue weighted by Gasteiger charge is -2.13. The van der Waals surface area contributed by atoms with Crippen LogP contribution in [0.15, 0.2) is 59.0 Å². The molecule has 0 aliphatic heterocycles. The molecule has 1 heterocycles. The first-order valence-corrected chi connectivity index (χ1v) is 8.89. The Morgan fingerprint density at radius 1 is 1.12 bits per heavy atom. The maximum absolute atomic E-state index is 12.7. The van der Waals surface area contributed by atoms with Gasteiger partial charge >= 0.3 is 0 Å². The summed E-state index contributed by atoms with van der Waals surface area (Å²) in [7, 11) is 0. The summed E-state index contributed by atoms with van der Waals surface area (Å²) in [5, 5.41) is 7.10. The molecule has 1 aromatic heterocycles. The molecule has 2 aromatic carbocycles. The molecule has 0 radical (unpaired) electrons. The van der Waals surface area contributed by atoms with E-state index < -0.39 is 0 Å². The first-order valence-electron chi connectivity index (χ1n) is 8.89. The number of likely N-dealkylation sites (N-methyl/N-ethyl adjacent to an activating group) is 1. The molecular weight excluding hydrogens is 328 g/mol. The molecule has 0 unspecified atom stereocenters. The maximum atomic E-state index is 12.7. The SMILES string of the molecule is CCN[C@H](C)CNC(=O)c1oc2ccccc2c1COc1ccccc1.